The molecule has 1 N–H and O–H groups in total. The lowest BCUT2D eigenvalue weighted by Crippen LogP contribution is -1.70. The molecule has 0 aliphatic rings. The van der Waals surface area contributed by atoms with Crippen LogP contribution in [-0.2, 0) is 6.42 Å². The van der Waals surface area contributed by atoms with Crippen molar-refractivity contribution in [1.82, 2.24) is 4.98 Å². The van der Waals surface area contributed by atoms with Crippen LogP contribution >= 0.6 is 0 Å². The fourth-order valence-electron chi connectivity index (χ4n) is 0.652. The summed E-state index contributed by atoms with van der Waals surface area (Å²) in [4.78, 5) is 2.97. The molecule has 1 aromatic heterocycles. The van der Waals surface area contributed by atoms with E-state index < -0.39 is 0 Å². The second-order valence-electron chi connectivity index (χ2n) is 1.71. The van der Waals surface area contributed by atoms with Crippen LogP contribution in [0.3, 0.4) is 0 Å². The molecule has 8 heavy (non-hydrogen) atoms. The molecule has 0 fully saturated rings. The lowest BCUT2D eigenvalue weighted by molar-refractivity contribution is 1.28. The van der Waals surface area contributed by atoms with Crippen LogP contribution in [0.1, 0.15) is 5.56 Å². The summed E-state index contributed by atoms with van der Waals surface area (Å²) in [6.45, 7) is 3.62. The smallest absolute Gasteiger partial charge is 0.00405 e. The van der Waals surface area contributed by atoms with Crippen LogP contribution in [0.15, 0.2) is 31.1 Å². The van der Waals surface area contributed by atoms with Gasteiger partial charge in [-0.25, -0.2) is 0 Å². The maximum absolute atomic E-state index is 3.62. The predicted octanol–water partition coefficient (Wildman–Crippen LogP) is 1.74. The van der Waals surface area contributed by atoms with Crippen LogP contribution in [0.25, 0.3) is 0 Å². The summed E-state index contributed by atoms with van der Waals surface area (Å²) in [6.07, 6.45) is 6.74. The van der Waals surface area contributed by atoms with Gasteiger partial charge >= 0.3 is 0 Å². The van der Waals surface area contributed by atoms with E-state index in [1.54, 1.807) is 0 Å². The van der Waals surface area contributed by atoms with Crippen LogP contribution in [-0.4, -0.2) is 4.98 Å². The molecule has 42 valence electrons. The SMILES string of the molecule is C=CCc1cc[nH]c1. The van der Waals surface area contributed by atoms with Gasteiger partial charge in [0.25, 0.3) is 0 Å². The van der Waals surface area contributed by atoms with Gasteiger partial charge in [-0.2, -0.15) is 0 Å². The Labute approximate surface area is 49.0 Å². The summed E-state index contributed by atoms with van der Waals surface area (Å²) in [5, 5.41) is 0. The zero-order valence-corrected chi connectivity index (χ0v) is 4.72. The maximum Gasteiger partial charge on any atom is 0.00405 e. The Morgan fingerprint density at radius 2 is 2.62 bits per heavy atom. The Balaban J connectivity index is 2.62. The van der Waals surface area contributed by atoms with E-state index in [0.717, 1.165) is 6.42 Å². The summed E-state index contributed by atoms with van der Waals surface area (Å²) in [6, 6.07) is 2.04. The van der Waals surface area contributed by atoms with Gasteiger partial charge in [0.1, 0.15) is 0 Å². The van der Waals surface area contributed by atoms with Crippen LogP contribution in [0.4, 0.5) is 0 Å². The average Bonchev–Trinajstić information content (AvgIpc) is 2.19. The molecule has 1 nitrogen and oxygen atoms in total. The number of rotatable bonds is 2. The molecule has 0 unspecified atom stereocenters. The molecular formula is C7H9N. The minimum Gasteiger partial charge on any atom is -0.367 e. The van der Waals surface area contributed by atoms with E-state index in [-0.39, 0.29) is 0 Å². The van der Waals surface area contributed by atoms with Crippen molar-refractivity contribution < 1.29 is 0 Å². The Kier molecular flexibility index (Phi) is 1.52. The van der Waals surface area contributed by atoms with Crippen LogP contribution in [0.2, 0.25) is 0 Å². The van der Waals surface area contributed by atoms with E-state index in [2.05, 4.69) is 11.6 Å². The molecule has 1 aromatic rings. The Morgan fingerprint density at radius 1 is 1.75 bits per heavy atom. The first-order valence-corrected chi connectivity index (χ1v) is 2.66. The van der Waals surface area contributed by atoms with Gasteiger partial charge in [-0.1, -0.05) is 6.08 Å². The van der Waals surface area contributed by atoms with Crippen molar-refractivity contribution in [1.29, 1.82) is 0 Å². The Hall–Kier alpha value is -0.980. The largest absolute Gasteiger partial charge is 0.367 e. The van der Waals surface area contributed by atoms with Crippen molar-refractivity contribution >= 4 is 0 Å². The molecule has 0 spiro atoms. The van der Waals surface area contributed by atoms with Crippen molar-refractivity contribution in [2.45, 2.75) is 6.42 Å². The fourth-order valence-corrected chi connectivity index (χ4v) is 0.652. The van der Waals surface area contributed by atoms with Gasteiger partial charge in [0, 0.05) is 12.4 Å². The molecule has 0 aliphatic carbocycles. The molecule has 1 heterocycles. The van der Waals surface area contributed by atoms with Gasteiger partial charge < -0.3 is 4.98 Å². The number of nitrogens with one attached hydrogen (secondary N) is 1. The number of aromatic nitrogens is 1. The van der Waals surface area contributed by atoms with Crippen LogP contribution in [0, 0.1) is 0 Å². The highest BCUT2D eigenvalue weighted by Gasteiger charge is 1.83. The molecule has 0 radical (unpaired) electrons. The molecule has 0 amide bonds. The first kappa shape index (κ1) is 5.16. The minimum atomic E-state index is 0.962. The van der Waals surface area contributed by atoms with Gasteiger partial charge in [-0.3, -0.25) is 0 Å². The zero-order chi connectivity index (χ0) is 5.82. The van der Waals surface area contributed by atoms with Crippen molar-refractivity contribution in [2.24, 2.45) is 0 Å². The summed E-state index contributed by atoms with van der Waals surface area (Å²) in [7, 11) is 0. The number of hydrogen-bond acceptors (Lipinski definition) is 0. The highest BCUT2D eigenvalue weighted by molar-refractivity contribution is 5.11. The standard InChI is InChI=1S/C7H9N/c1-2-3-7-4-5-8-6-7/h2,4-6,8H,1,3H2. The van der Waals surface area contributed by atoms with Gasteiger partial charge in [-0.15, -0.1) is 6.58 Å². The first-order valence-electron chi connectivity index (χ1n) is 2.66. The highest BCUT2D eigenvalue weighted by atomic mass is 14.6. The minimum absolute atomic E-state index is 0.962. The average molecular weight is 107 g/mol. The third-order valence-electron chi connectivity index (χ3n) is 1.04. The van der Waals surface area contributed by atoms with Crippen molar-refractivity contribution in [3.63, 3.8) is 0 Å². The van der Waals surface area contributed by atoms with Gasteiger partial charge in [0.2, 0.25) is 0 Å². The number of allylic oxidation sites excluding steroid dienone is 1. The quantitative estimate of drug-likeness (QED) is 0.554. The van der Waals surface area contributed by atoms with E-state index in [4.69, 9.17) is 0 Å². The molecule has 0 atom stereocenters. The third-order valence-corrected chi connectivity index (χ3v) is 1.04. The molecule has 0 saturated heterocycles. The van der Waals surface area contributed by atoms with Gasteiger partial charge in [-0.05, 0) is 18.1 Å². The number of hydrogen-bond donors (Lipinski definition) is 1. The van der Waals surface area contributed by atoms with Gasteiger partial charge in [0.15, 0.2) is 0 Å². The molecule has 0 bridgehead atoms. The first-order chi connectivity index (χ1) is 3.93. The van der Waals surface area contributed by atoms with Crippen LogP contribution < -0.4 is 0 Å². The van der Waals surface area contributed by atoms with Crippen molar-refractivity contribution in [2.75, 3.05) is 0 Å². The second-order valence-corrected chi connectivity index (χ2v) is 1.71. The zero-order valence-electron chi connectivity index (χ0n) is 4.72. The summed E-state index contributed by atoms with van der Waals surface area (Å²) < 4.78 is 0. The highest BCUT2D eigenvalue weighted by Crippen LogP contribution is 1.96. The Bertz CT molecular complexity index is 151. The second kappa shape index (κ2) is 2.36. The topological polar surface area (TPSA) is 15.8 Å². The summed E-state index contributed by atoms with van der Waals surface area (Å²) >= 11 is 0. The van der Waals surface area contributed by atoms with Crippen LogP contribution in [0.5, 0.6) is 0 Å². The fraction of sp³-hybridized carbons (Fsp3) is 0.143. The molecule has 0 aromatic carbocycles. The van der Waals surface area contributed by atoms with E-state index in [1.165, 1.54) is 5.56 Å². The molecule has 0 aliphatic heterocycles. The summed E-state index contributed by atoms with van der Waals surface area (Å²) in [5.74, 6) is 0. The third kappa shape index (κ3) is 0.997. The van der Waals surface area contributed by atoms with E-state index in [1.807, 2.05) is 24.5 Å². The van der Waals surface area contributed by atoms with E-state index in [9.17, 15) is 0 Å². The van der Waals surface area contributed by atoms with E-state index in [0.29, 0.717) is 0 Å². The number of aromatic amines is 1. The lowest BCUT2D eigenvalue weighted by atomic mass is 10.2. The van der Waals surface area contributed by atoms with Crippen molar-refractivity contribution in [3.05, 3.63) is 36.7 Å². The summed E-state index contributed by atoms with van der Waals surface area (Å²) in [5.41, 5.74) is 1.29. The van der Waals surface area contributed by atoms with Gasteiger partial charge in [0.05, 0.1) is 0 Å². The maximum atomic E-state index is 3.62. The lowest BCUT2D eigenvalue weighted by Gasteiger charge is -1.81. The Morgan fingerprint density at radius 3 is 3.12 bits per heavy atom. The molecular weight excluding hydrogens is 98.1 g/mol. The number of H-pyrrole nitrogens is 1. The normalized spacial score (nSPS) is 9.00. The molecule has 0 saturated carbocycles. The monoisotopic (exact) mass is 107 g/mol. The molecule has 1 rings (SSSR count). The van der Waals surface area contributed by atoms with Crippen molar-refractivity contribution in [3.8, 4) is 0 Å². The predicted molar refractivity (Wildman–Crippen MR) is 34.7 cm³/mol. The van der Waals surface area contributed by atoms with E-state index >= 15 is 0 Å². The molecule has 1 heteroatoms.